The van der Waals surface area contributed by atoms with Crippen molar-refractivity contribution >= 4 is 22.2 Å². The lowest BCUT2D eigenvalue weighted by atomic mass is 10.0. The average molecular weight is 346 g/mol. The van der Waals surface area contributed by atoms with Gasteiger partial charge in [-0.1, -0.05) is 12.8 Å². The Labute approximate surface area is 148 Å². The molecule has 1 amide bonds. The van der Waals surface area contributed by atoms with Gasteiger partial charge in [0.15, 0.2) is 0 Å². The third kappa shape index (κ3) is 3.99. The number of hydrogen-bond donors (Lipinski definition) is 1. The summed E-state index contributed by atoms with van der Waals surface area (Å²) >= 11 is 1.62. The molecule has 1 aromatic rings. The van der Waals surface area contributed by atoms with Crippen LogP contribution < -0.4 is 5.32 Å². The lowest BCUT2D eigenvalue weighted by molar-refractivity contribution is -0.116. The number of rotatable bonds is 4. The van der Waals surface area contributed by atoms with Crippen LogP contribution in [0.15, 0.2) is 0 Å². The fourth-order valence-electron chi connectivity index (χ4n) is 3.87. The fourth-order valence-corrected chi connectivity index (χ4v) is 5.13. The number of aryl methyl sites for hydroxylation is 1. The smallest absolute Gasteiger partial charge is 0.226 e. The maximum absolute atomic E-state index is 12.4. The molecule has 1 aliphatic heterocycles. The van der Waals surface area contributed by atoms with E-state index in [2.05, 4.69) is 23.2 Å². The molecule has 0 unspecified atom stereocenters. The number of amides is 1. The van der Waals surface area contributed by atoms with Gasteiger partial charge in [-0.25, -0.2) is 0 Å². The van der Waals surface area contributed by atoms with Gasteiger partial charge in [-0.3, -0.25) is 4.79 Å². The summed E-state index contributed by atoms with van der Waals surface area (Å²) in [5.74, 6) is 0.0423. The van der Waals surface area contributed by atoms with Crippen LogP contribution in [0.3, 0.4) is 0 Å². The SMILES string of the molecule is C[C@H]1CCCCN1CCC(=O)Nc1sc2c(c1C#N)CCCCC2. The van der Waals surface area contributed by atoms with Crippen molar-refractivity contribution in [1.29, 1.82) is 5.26 Å². The van der Waals surface area contributed by atoms with E-state index < -0.39 is 0 Å². The van der Waals surface area contributed by atoms with Crippen molar-refractivity contribution in [2.45, 2.75) is 70.8 Å². The first-order chi connectivity index (χ1) is 11.7. The van der Waals surface area contributed by atoms with Crippen LogP contribution in [0.5, 0.6) is 0 Å². The second-order valence-corrected chi connectivity index (χ2v) is 8.16. The van der Waals surface area contributed by atoms with Crippen molar-refractivity contribution in [1.82, 2.24) is 4.90 Å². The number of fused-ring (bicyclic) bond motifs is 1. The summed E-state index contributed by atoms with van der Waals surface area (Å²) in [5.41, 5.74) is 1.91. The highest BCUT2D eigenvalue weighted by molar-refractivity contribution is 7.16. The Balaban J connectivity index is 1.61. The van der Waals surface area contributed by atoms with E-state index in [0.717, 1.165) is 42.9 Å². The Morgan fingerprint density at radius 2 is 2.12 bits per heavy atom. The first-order valence-electron chi connectivity index (χ1n) is 9.27. The molecule has 1 aliphatic carbocycles. The second kappa shape index (κ2) is 8.13. The van der Waals surface area contributed by atoms with Crippen molar-refractivity contribution < 1.29 is 4.79 Å². The molecule has 1 atom stereocenters. The molecular formula is C19H27N3OS. The molecule has 1 aromatic heterocycles. The first-order valence-corrected chi connectivity index (χ1v) is 10.1. The molecule has 2 heterocycles. The van der Waals surface area contributed by atoms with Gasteiger partial charge in [0.1, 0.15) is 11.1 Å². The lowest BCUT2D eigenvalue weighted by Gasteiger charge is -2.33. The molecule has 2 aliphatic rings. The minimum Gasteiger partial charge on any atom is -0.317 e. The molecule has 0 saturated carbocycles. The van der Waals surface area contributed by atoms with Crippen LogP contribution in [0.4, 0.5) is 5.00 Å². The van der Waals surface area contributed by atoms with Crippen molar-refractivity contribution in [2.75, 3.05) is 18.4 Å². The Kier molecular flexibility index (Phi) is 5.91. The van der Waals surface area contributed by atoms with Crippen LogP contribution in [-0.2, 0) is 17.6 Å². The third-order valence-electron chi connectivity index (χ3n) is 5.35. The summed E-state index contributed by atoms with van der Waals surface area (Å²) < 4.78 is 0. The zero-order valence-corrected chi connectivity index (χ0v) is 15.4. The topological polar surface area (TPSA) is 56.1 Å². The molecular weight excluding hydrogens is 318 g/mol. The highest BCUT2D eigenvalue weighted by atomic mass is 32.1. The van der Waals surface area contributed by atoms with E-state index in [4.69, 9.17) is 0 Å². The van der Waals surface area contributed by atoms with E-state index in [-0.39, 0.29) is 5.91 Å². The highest BCUT2D eigenvalue weighted by Gasteiger charge is 2.22. The average Bonchev–Trinajstić information content (AvgIpc) is 2.74. The number of carbonyl (C=O) groups excluding carboxylic acids is 1. The Bertz CT molecular complexity index is 631. The number of nitrogens with zero attached hydrogens (tertiary/aromatic N) is 2. The first kappa shape index (κ1) is 17.4. The molecule has 0 spiro atoms. The van der Waals surface area contributed by atoms with E-state index in [1.807, 2.05) is 0 Å². The van der Waals surface area contributed by atoms with Gasteiger partial charge in [-0.2, -0.15) is 5.26 Å². The predicted octanol–water partition coefficient (Wildman–Crippen LogP) is 4.09. The Morgan fingerprint density at radius 3 is 2.92 bits per heavy atom. The van der Waals surface area contributed by atoms with E-state index in [1.54, 1.807) is 11.3 Å². The predicted molar refractivity (Wildman–Crippen MR) is 98.4 cm³/mol. The monoisotopic (exact) mass is 345 g/mol. The number of hydrogen-bond acceptors (Lipinski definition) is 4. The fraction of sp³-hybridized carbons (Fsp3) is 0.684. The number of nitriles is 1. The van der Waals surface area contributed by atoms with Crippen molar-refractivity contribution in [2.24, 2.45) is 0 Å². The van der Waals surface area contributed by atoms with Crippen LogP contribution in [0.25, 0.3) is 0 Å². The summed E-state index contributed by atoms with van der Waals surface area (Å²) in [5, 5.41) is 13.3. The molecule has 130 valence electrons. The van der Waals surface area contributed by atoms with Crippen LogP contribution in [0.1, 0.15) is 67.9 Å². The number of carbonyl (C=O) groups is 1. The maximum atomic E-state index is 12.4. The highest BCUT2D eigenvalue weighted by Crippen LogP contribution is 2.37. The van der Waals surface area contributed by atoms with E-state index in [9.17, 15) is 10.1 Å². The van der Waals surface area contributed by atoms with Crippen LogP contribution >= 0.6 is 11.3 Å². The number of likely N-dealkylation sites (tertiary alicyclic amines) is 1. The number of nitrogens with one attached hydrogen (secondary N) is 1. The van der Waals surface area contributed by atoms with Crippen molar-refractivity contribution in [3.63, 3.8) is 0 Å². The molecule has 5 heteroatoms. The third-order valence-corrected chi connectivity index (χ3v) is 6.56. The van der Waals surface area contributed by atoms with Crippen LogP contribution in [0, 0.1) is 11.3 Å². The summed E-state index contributed by atoms with van der Waals surface area (Å²) in [7, 11) is 0. The molecule has 1 N–H and O–H groups in total. The zero-order valence-electron chi connectivity index (χ0n) is 14.6. The normalized spacial score (nSPS) is 21.6. The van der Waals surface area contributed by atoms with Crippen molar-refractivity contribution in [3.8, 4) is 6.07 Å². The van der Waals surface area contributed by atoms with Gasteiger partial charge in [0.05, 0.1) is 5.56 Å². The maximum Gasteiger partial charge on any atom is 0.226 e. The van der Waals surface area contributed by atoms with Gasteiger partial charge in [0, 0.05) is 23.9 Å². The molecule has 1 saturated heterocycles. The summed E-state index contributed by atoms with van der Waals surface area (Å²) in [6, 6.07) is 2.92. The van der Waals surface area contributed by atoms with E-state index in [1.165, 1.54) is 42.5 Å². The number of anilines is 1. The molecule has 0 aromatic carbocycles. The summed E-state index contributed by atoms with van der Waals surface area (Å²) in [6.07, 6.45) is 9.90. The van der Waals surface area contributed by atoms with Gasteiger partial charge in [0.2, 0.25) is 5.91 Å². The van der Waals surface area contributed by atoms with E-state index >= 15 is 0 Å². The standard InChI is InChI=1S/C19H27N3OS/c1-14-7-5-6-11-22(14)12-10-18(23)21-19-16(13-20)15-8-3-2-4-9-17(15)24-19/h14H,2-12H2,1H3,(H,21,23)/t14-/m0/s1. The minimum absolute atomic E-state index is 0.0423. The molecule has 0 bridgehead atoms. The van der Waals surface area contributed by atoms with Gasteiger partial charge in [0.25, 0.3) is 0 Å². The second-order valence-electron chi connectivity index (χ2n) is 7.06. The summed E-state index contributed by atoms with van der Waals surface area (Å²) in [6.45, 7) is 4.17. The number of piperidine rings is 1. The van der Waals surface area contributed by atoms with Gasteiger partial charge < -0.3 is 10.2 Å². The van der Waals surface area contributed by atoms with Crippen LogP contribution in [-0.4, -0.2) is 29.9 Å². The minimum atomic E-state index is 0.0423. The Morgan fingerprint density at radius 1 is 1.29 bits per heavy atom. The molecule has 0 radical (unpaired) electrons. The van der Waals surface area contributed by atoms with E-state index in [0.29, 0.717) is 12.5 Å². The largest absolute Gasteiger partial charge is 0.317 e. The van der Waals surface area contributed by atoms with Gasteiger partial charge in [-0.05, 0) is 57.6 Å². The molecule has 24 heavy (non-hydrogen) atoms. The summed E-state index contributed by atoms with van der Waals surface area (Å²) in [4.78, 5) is 16.1. The molecule has 1 fully saturated rings. The van der Waals surface area contributed by atoms with Crippen LogP contribution in [0.2, 0.25) is 0 Å². The van der Waals surface area contributed by atoms with Gasteiger partial charge >= 0.3 is 0 Å². The zero-order chi connectivity index (χ0) is 16.9. The quantitative estimate of drug-likeness (QED) is 0.836. The number of thiophene rings is 1. The lowest BCUT2D eigenvalue weighted by Crippen LogP contribution is -2.39. The van der Waals surface area contributed by atoms with Gasteiger partial charge in [-0.15, -0.1) is 11.3 Å². The molecule has 4 nitrogen and oxygen atoms in total. The Hall–Kier alpha value is -1.38. The van der Waals surface area contributed by atoms with Crippen molar-refractivity contribution in [3.05, 3.63) is 16.0 Å². The molecule has 3 rings (SSSR count).